The Hall–Kier alpha value is -2.09. The molecule has 2 aromatic carbocycles. The molecule has 148 valence electrons. The van der Waals surface area contributed by atoms with Crippen LogP contribution < -0.4 is 4.31 Å². The molecule has 2 aromatic rings. The first-order valence-electron chi connectivity index (χ1n) is 8.43. The lowest BCUT2D eigenvalue weighted by Gasteiger charge is -2.29. The minimum absolute atomic E-state index is 0.00729. The Balaban J connectivity index is 1.75. The van der Waals surface area contributed by atoms with Gasteiger partial charge in [-0.05, 0) is 48.7 Å². The lowest BCUT2D eigenvalue weighted by molar-refractivity contribution is 0.0475. The van der Waals surface area contributed by atoms with Gasteiger partial charge >= 0.3 is 5.97 Å². The van der Waals surface area contributed by atoms with Gasteiger partial charge in [0.15, 0.2) is 12.4 Å². The molecule has 0 aromatic heterocycles. The number of hydrogen-bond acceptors (Lipinski definition) is 5. The molecule has 0 N–H and O–H groups in total. The first-order chi connectivity index (χ1) is 13.2. The summed E-state index contributed by atoms with van der Waals surface area (Å²) in [5.74, 6) is -1.19. The standard InChI is InChI=1S/C19H17Cl2NO5S/c1-28(25,26)22-9-3-4-12-10-13(7-8-16(12)22)17(23)11-27-19(24)18-14(20)5-2-6-15(18)21/h2,5-8,10H,3-4,9,11H2,1H3. The van der Waals surface area contributed by atoms with E-state index in [4.69, 9.17) is 27.9 Å². The fourth-order valence-electron chi connectivity index (χ4n) is 3.06. The third-order valence-electron chi connectivity index (χ3n) is 4.38. The minimum Gasteiger partial charge on any atom is -0.454 e. The van der Waals surface area contributed by atoms with E-state index in [2.05, 4.69) is 0 Å². The highest BCUT2D eigenvalue weighted by molar-refractivity contribution is 7.92. The number of anilines is 1. The molecule has 0 spiro atoms. The first-order valence-corrected chi connectivity index (χ1v) is 11.0. The van der Waals surface area contributed by atoms with Crippen LogP contribution in [-0.2, 0) is 21.2 Å². The third kappa shape index (κ3) is 4.32. The van der Waals surface area contributed by atoms with Crippen LogP contribution in [0.3, 0.4) is 0 Å². The van der Waals surface area contributed by atoms with Crippen molar-refractivity contribution in [3.8, 4) is 0 Å². The molecular weight excluding hydrogens is 425 g/mol. The number of esters is 1. The van der Waals surface area contributed by atoms with Crippen molar-refractivity contribution in [2.24, 2.45) is 0 Å². The Labute approximate surface area is 173 Å². The van der Waals surface area contributed by atoms with E-state index in [0.29, 0.717) is 30.6 Å². The summed E-state index contributed by atoms with van der Waals surface area (Å²) in [6.07, 6.45) is 2.48. The van der Waals surface area contributed by atoms with Crippen LogP contribution in [0.1, 0.15) is 32.7 Å². The zero-order chi connectivity index (χ0) is 20.5. The number of rotatable bonds is 5. The quantitative estimate of drug-likeness (QED) is 0.521. The summed E-state index contributed by atoms with van der Waals surface area (Å²) in [6, 6.07) is 9.38. The van der Waals surface area contributed by atoms with E-state index in [0.717, 1.165) is 11.8 Å². The first kappa shape index (κ1) is 20.6. The Morgan fingerprint density at radius 2 is 1.82 bits per heavy atom. The number of nitrogens with zero attached hydrogens (tertiary/aromatic N) is 1. The van der Waals surface area contributed by atoms with Crippen LogP contribution in [0.25, 0.3) is 0 Å². The number of ketones is 1. The van der Waals surface area contributed by atoms with Gasteiger partial charge in [0.2, 0.25) is 10.0 Å². The summed E-state index contributed by atoms with van der Waals surface area (Å²) in [6.45, 7) is -0.0652. The molecule has 1 aliphatic heterocycles. The maximum atomic E-state index is 12.4. The molecular formula is C19H17Cl2NO5S. The zero-order valence-corrected chi connectivity index (χ0v) is 17.3. The van der Waals surface area contributed by atoms with Crippen molar-refractivity contribution in [2.45, 2.75) is 12.8 Å². The molecule has 0 fully saturated rings. The number of carbonyl (C=O) groups excluding carboxylic acids is 2. The van der Waals surface area contributed by atoms with E-state index in [-0.39, 0.29) is 15.6 Å². The van der Waals surface area contributed by atoms with Crippen molar-refractivity contribution in [3.63, 3.8) is 0 Å². The zero-order valence-electron chi connectivity index (χ0n) is 14.9. The predicted octanol–water partition coefficient (Wildman–Crippen LogP) is 3.75. The predicted molar refractivity (Wildman–Crippen MR) is 108 cm³/mol. The second kappa shape index (κ2) is 8.11. The number of aryl methyl sites for hydroxylation is 1. The normalized spacial score (nSPS) is 13.8. The maximum absolute atomic E-state index is 12.4. The lowest BCUT2D eigenvalue weighted by atomic mass is 9.99. The van der Waals surface area contributed by atoms with E-state index in [1.807, 2.05) is 0 Å². The van der Waals surface area contributed by atoms with Gasteiger partial charge in [0, 0.05) is 12.1 Å². The highest BCUT2D eigenvalue weighted by Crippen LogP contribution is 2.30. The molecule has 6 nitrogen and oxygen atoms in total. The Morgan fingerprint density at radius 3 is 2.46 bits per heavy atom. The second-order valence-corrected chi connectivity index (χ2v) is 9.10. The van der Waals surface area contributed by atoms with Gasteiger partial charge in [-0.1, -0.05) is 29.3 Å². The van der Waals surface area contributed by atoms with Gasteiger partial charge in [0.05, 0.1) is 27.6 Å². The number of hydrogen-bond donors (Lipinski definition) is 0. The molecule has 0 radical (unpaired) electrons. The fourth-order valence-corrected chi connectivity index (χ4v) is 4.61. The van der Waals surface area contributed by atoms with E-state index >= 15 is 0 Å². The SMILES string of the molecule is CS(=O)(=O)N1CCCc2cc(C(=O)COC(=O)c3c(Cl)cccc3Cl)ccc21. The van der Waals surface area contributed by atoms with Crippen molar-refractivity contribution in [1.82, 2.24) is 0 Å². The number of Topliss-reactive ketones (excluding diaryl/α,β-unsaturated/α-hetero) is 1. The molecule has 0 saturated carbocycles. The average Bonchev–Trinajstić information content (AvgIpc) is 2.64. The van der Waals surface area contributed by atoms with E-state index in [1.54, 1.807) is 18.2 Å². The van der Waals surface area contributed by atoms with E-state index in [9.17, 15) is 18.0 Å². The molecule has 0 saturated heterocycles. The number of carbonyl (C=O) groups is 2. The van der Waals surface area contributed by atoms with Gasteiger partial charge in [0.1, 0.15) is 0 Å². The van der Waals surface area contributed by atoms with Gasteiger partial charge in [-0.2, -0.15) is 0 Å². The van der Waals surface area contributed by atoms with Crippen molar-refractivity contribution >= 4 is 50.7 Å². The summed E-state index contributed by atoms with van der Waals surface area (Å²) in [5, 5.41) is 0.277. The monoisotopic (exact) mass is 441 g/mol. The fraction of sp³-hybridized carbons (Fsp3) is 0.263. The molecule has 9 heteroatoms. The molecule has 3 rings (SSSR count). The highest BCUT2D eigenvalue weighted by Gasteiger charge is 2.25. The topological polar surface area (TPSA) is 80.8 Å². The Morgan fingerprint density at radius 1 is 1.14 bits per heavy atom. The Kier molecular flexibility index (Phi) is 5.98. The molecule has 0 amide bonds. The highest BCUT2D eigenvalue weighted by atomic mass is 35.5. The largest absolute Gasteiger partial charge is 0.454 e. The molecule has 0 atom stereocenters. The molecule has 0 unspecified atom stereocenters. The summed E-state index contributed by atoms with van der Waals surface area (Å²) >= 11 is 11.9. The molecule has 28 heavy (non-hydrogen) atoms. The van der Waals surface area contributed by atoms with Crippen LogP contribution in [0.2, 0.25) is 10.0 Å². The van der Waals surface area contributed by atoms with Crippen molar-refractivity contribution in [1.29, 1.82) is 0 Å². The van der Waals surface area contributed by atoms with Crippen LogP contribution >= 0.6 is 23.2 Å². The summed E-state index contributed by atoms with van der Waals surface area (Å²) < 4.78 is 30.2. The van der Waals surface area contributed by atoms with Crippen molar-refractivity contribution in [3.05, 3.63) is 63.1 Å². The van der Waals surface area contributed by atoms with Crippen LogP contribution in [0.15, 0.2) is 36.4 Å². The van der Waals surface area contributed by atoms with Gasteiger partial charge in [0.25, 0.3) is 0 Å². The molecule has 0 aliphatic carbocycles. The van der Waals surface area contributed by atoms with E-state index < -0.39 is 28.4 Å². The minimum atomic E-state index is -3.38. The van der Waals surface area contributed by atoms with E-state index in [1.165, 1.54) is 22.5 Å². The van der Waals surface area contributed by atoms with Crippen molar-refractivity contribution < 1.29 is 22.7 Å². The smallest absolute Gasteiger partial charge is 0.341 e. The third-order valence-corrected chi connectivity index (χ3v) is 6.19. The molecule has 0 bridgehead atoms. The summed E-state index contributed by atoms with van der Waals surface area (Å²) in [4.78, 5) is 24.6. The van der Waals surface area contributed by atoms with Crippen LogP contribution in [0.4, 0.5) is 5.69 Å². The van der Waals surface area contributed by atoms with Crippen LogP contribution in [-0.4, -0.2) is 39.6 Å². The lowest BCUT2D eigenvalue weighted by Crippen LogP contribution is -2.34. The summed E-state index contributed by atoms with van der Waals surface area (Å²) in [7, 11) is -3.38. The number of fused-ring (bicyclic) bond motifs is 1. The molecule has 1 aliphatic rings. The number of halogens is 2. The number of sulfonamides is 1. The van der Waals surface area contributed by atoms with Crippen LogP contribution in [0, 0.1) is 0 Å². The molecule has 1 heterocycles. The maximum Gasteiger partial charge on any atom is 0.341 e. The van der Waals surface area contributed by atoms with Gasteiger partial charge in [-0.25, -0.2) is 13.2 Å². The van der Waals surface area contributed by atoms with Crippen LogP contribution in [0.5, 0.6) is 0 Å². The van der Waals surface area contributed by atoms with Crippen molar-refractivity contribution in [2.75, 3.05) is 23.7 Å². The van der Waals surface area contributed by atoms with Gasteiger partial charge in [-0.15, -0.1) is 0 Å². The second-order valence-electron chi connectivity index (χ2n) is 6.38. The van der Waals surface area contributed by atoms with Gasteiger partial charge in [-0.3, -0.25) is 9.10 Å². The summed E-state index contributed by atoms with van der Waals surface area (Å²) in [5.41, 5.74) is 1.69. The average molecular weight is 442 g/mol. The van der Waals surface area contributed by atoms with Gasteiger partial charge < -0.3 is 4.74 Å². The number of benzene rings is 2. The Bertz CT molecular complexity index is 1030. The number of ether oxygens (including phenoxy) is 1.